The molecule has 8 heteroatoms. The number of carbonyl (C=O) groups excluding carboxylic acids is 3. The molecule has 0 aromatic heterocycles. The molecule has 0 bridgehead atoms. The van der Waals surface area contributed by atoms with Gasteiger partial charge in [-0.2, -0.15) is 5.26 Å². The van der Waals surface area contributed by atoms with Gasteiger partial charge in [0.2, 0.25) is 5.91 Å². The Morgan fingerprint density at radius 2 is 1.74 bits per heavy atom. The van der Waals surface area contributed by atoms with Crippen LogP contribution in [0.15, 0.2) is 30.3 Å². The summed E-state index contributed by atoms with van der Waals surface area (Å²) >= 11 is 0. The molecule has 8 nitrogen and oxygen atoms in total. The first kappa shape index (κ1) is 22.0. The molecule has 0 unspecified atom stereocenters. The predicted octanol–water partition coefficient (Wildman–Crippen LogP) is 1.12. The highest BCUT2D eigenvalue weighted by Crippen LogP contribution is 2.07. The lowest BCUT2D eigenvalue weighted by Crippen LogP contribution is -2.54. The van der Waals surface area contributed by atoms with Gasteiger partial charge in [0.1, 0.15) is 18.6 Å². The summed E-state index contributed by atoms with van der Waals surface area (Å²) in [5.74, 6) is -0.884. The van der Waals surface area contributed by atoms with E-state index < -0.39 is 30.0 Å². The van der Waals surface area contributed by atoms with E-state index in [0.717, 1.165) is 5.56 Å². The Labute approximate surface area is 159 Å². The van der Waals surface area contributed by atoms with Crippen molar-refractivity contribution in [2.45, 2.75) is 38.8 Å². The summed E-state index contributed by atoms with van der Waals surface area (Å²) in [5, 5.41) is 16.2. The fraction of sp³-hybridized carbons (Fsp3) is 0.474. The number of nitrogens with zero attached hydrogens (tertiary/aromatic N) is 1. The quantitative estimate of drug-likeness (QED) is 0.442. The number of carbonyl (C=O) groups is 3. The summed E-state index contributed by atoms with van der Waals surface area (Å²) in [6.07, 6.45) is 0.655. The third-order valence-electron chi connectivity index (χ3n) is 3.74. The summed E-state index contributed by atoms with van der Waals surface area (Å²) in [4.78, 5) is 36.5. The van der Waals surface area contributed by atoms with Crippen LogP contribution in [0.1, 0.15) is 25.8 Å². The maximum atomic E-state index is 12.4. The van der Waals surface area contributed by atoms with Crippen molar-refractivity contribution in [1.82, 2.24) is 16.0 Å². The average Bonchev–Trinajstić information content (AvgIpc) is 2.64. The highest BCUT2D eigenvalue weighted by atomic mass is 16.5. The molecule has 0 aliphatic carbocycles. The molecule has 27 heavy (non-hydrogen) atoms. The van der Waals surface area contributed by atoms with Gasteiger partial charge in [0, 0.05) is 6.42 Å². The maximum Gasteiger partial charge on any atom is 0.328 e. The predicted molar refractivity (Wildman–Crippen MR) is 99.5 cm³/mol. The van der Waals surface area contributed by atoms with Gasteiger partial charge in [-0.05, 0) is 17.9 Å². The summed E-state index contributed by atoms with van der Waals surface area (Å²) < 4.78 is 4.76. The molecule has 0 saturated heterocycles. The standard InChI is InChI=1S/C19H26N4O4/c1-13(2)11-15(17(24)21-10-9-20)22-19(26)23-16(18(25)27-3)12-14-7-5-4-6-8-14/h4-8,13,15-16H,10-12H2,1-3H3,(H,21,24)(H2,22,23,26)/t15-,16-/m0/s1. The number of benzene rings is 1. The third kappa shape index (κ3) is 8.23. The van der Waals surface area contributed by atoms with Crippen molar-refractivity contribution in [1.29, 1.82) is 5.26 Å². The monoisotopic (exact) mass is 374 g/mol. The number of nitriles is 1. The molecule has 0 aliphatic heterocycles. The van der Waals surface area contributed by atoms with Crippen molar-refractivity contribution in [2.24, 2.45) is 5.92 Å². The molecular weight excluding hydrogens is 348 g/mol. The Bertz CT molecular complexity index is 670. The number of ether oxygens (including phenoxy) is 1. The van der Waals surface area contributed by atoms with Crippen LogP contribution >= 0.6 is 0 Å². The fourth-order valence-electron chi connectivity index (χ4n) is 2.50. The molecule has 0 fully saturated rings. The van der Waals surface area contributed by atoms with Crippen LogP contribution < -0.4 is 16.0 Å². The van der Waals surface area contributed by atoms with Crippen molar-refractivity contribution in [3.8, 4) is 6.07 Å². The van der Waals surface area contributed by atoms with Gasteiger partial charge in [-0.3, -0.25) is 4.79 Å². The van der Waals surface area contributed by atoms with E-state index in [1.54, 1.807) is 0 Å². The first-order chi connectivity index (χ1) is 12.9. The Balaban J connectivity index is 2.78. The second-order valence-electron chi connectivity index (χ2n) is 6.44. The van der Waals surface area contributed by atoms with Crippen LogP contribution in [0.2, 0.25) is 0 Å². The van der Waals surface area contributed by atoms with Crippen molar-refractivity contribution in [2.75, 3.05) is 13.7 Å². The number of esters is 1. The van der Waals surface area contributed by atoms with Crippen LogP contribution in [-0.2, 0) is 20.7 Å². The molecule has 0 spiro atoms. The van der Waals surface area contributed by atoms with Crippen molar-refractivity contribution >= 4 is 17.9 Å². The molecule has 3 N–H and O–H groups in total. The van der Waals surface area contributed by atoms with E-state index in [2.05, 4.69) is 16.0 Å². The summed E-state index contributed by atoms with van der Waals surface area (Å²) in [7, 11) is 1.25. The zero-order valence-corrected chi connectivity index (χ0v) is 15.8. The van der Waals surface area contributed by atoms with Crippen molar-refractivity contribution < 1.29 is 19.1 Å². The Kier molecular flexibility index (Phi) is 9.37. The lowest BCUT2D eigenvalue weighted by molar-refractivity contribution is -0.142. The van der Waals surface area contributed by atoms with Crippen LogP contribution in [0.3, 0.4) is 0 Å². The molecule has 1 aromatic carbocycles. The minimum absolute atomic E-state index is 0.142. The number of urea groups is 1. The summed E-state index contributed by atoms with van der Waals surface area (Å²) in [5.41, 5.74) is 0.860. The Morgan fingerprint density at radius 3 is 2.30 bits per heavy atom. The van der Waals surface area contributed by atoms with Gasteiger partial charge in [0.25, 0.3) is 0 Å². The Morgan fingerprint density at radius 1 is 1.11 bits per heavy atom. The summed E-state index contributed by atoms with van der Waals surface area (Å²) in [6, 6.07) is 8.67. The number of methoxy groups -OCH3 is 1. The Hall–Kier alpha value is -3.08. The normalized spacial score (nSPS) is 12.4. The van der Waals surface area contributed by atoms with Gasteiger partial charge in [-0.1, -0.05) is 44.2 Å². The van der Waals surface area contributed by atoms with Gasteiger partial charge in [-0.15, -0.1) is 0 Å². The average molecular weight is 374 g/mol. The van der Waals surface area contributed by atoms with Gasteiger partial charge < -0.3 is 20.7 Å². The van der Waals surface area contributed by atoms with E-state index in [9.17, 15) is 14.4 Å². The largest absolute Gasteiger partial charge is 0.467 e. The lowest BCUT2D eigenvalue weighted by atomic mass is 10.0. The zero-order valence-electron chi connectivity index (χ0n) is 15.8. The molecule has 146 valence electrons. The highest BCUT2D eigenvalue weighted by Gasteiger charge is 2.26. The number of nitrogens with one attached hydrogen (secondary N) is 3. The first-order valence-electron chi connectivity index (χ1n) is 8.70. The smallest absolute Gasteiger partial charge is 0.328 e. The molecular formula is C19H26N4O4. The van der Waals surface area contributed by atoms with E-state index in [1.165, 1.54) is 7.11 Å². The molecule has 0 aliphatic rings. The topological polar surface area (TPSA) is 120 Å². The molecule has 0 heterocycles. The van der Waals surface area contributed by atoms with Gasteiger partial charge >= 0.3 is 12.0 Å². The van der Waals surface area contributed by atoms with E-state index >= 15 is 0 Å². The fourth-order valence-corrected chi connectivity index (χ4v) is 2.50. The number of amides is 3. The second-order valence-corrected chi connectivity index (χ2v) is 6.44. The number of hydrogen-bond donors (Lipinski definition) is 3. The van der Waals surface area contributed by atoms with E-state index in [4.69, 9.17) is 10.00 Å². The van der Waals surface area contributed by atoms with Crippen LogP contribution in [-0.4, -0.2) is 43.6 Å². The van der Waals surface area contributed by atoms with Crippen molar-refractivity contribution in [3.05, 3.63) is 35.9 Å². The van der Waals surface area contributed by atoms with Gasteiger partial charge in [0.05, 0.1) is 13.2 Å². The van der Waals surface area contributed by atoms with E-state index in [-0.39, 0.29) is 18.9 Å². The van der Waals surface area contributed by atoms with Crippen LogP contribution in [0.25, 0.3) is 0 Å². The lowest BCUT2D eigenvalue weighted by Gasteiger charge is -2.22. The minimum Gasteiger partial charge on any atom is -0.467 e. The summed E-state index contributed by atoms with van der Waals surface area (Å²) in [6.45, 7) is 3.68. The SMILES string of the molecule is COC(=O)[C@H](Cc1ccccc1)NC(=O)N[C@@H](CC(C)C)C(=O)NCC#N. The van der Waals surface area contributed by atoms with Crippen molar-refractivity contribution in [3.63, 3.8) is 0 Å². The maximum absolute atomic E-state index is 12.4. The van der Waals surface area contributed by atoms with Gasteiger partial charge in [0.15, 0.2) is 0 Å². The molecule has 1 aromatic rings. The highest BCUT2D eigenvalue weighted by molar-refractivity contribution is 5.89. The molecule has 0 saturated carbocycles. The number of hydrogen-bond acceptors (Lipinski definition) is 5. The van der Waals surface area contributed by atoms with Gasteiger partial charge in [-0.25, -0.2) is 9.59 Å². The van der Waals surface area contributed by atoms with Crippen LogP contribution in [0.5, 0.6) is 0 Å². The minimum atomic E-state index is -0.890. The third-order valence-corrected chi connectivity index (χ3v) is 3.74. The molecule has 1 rings (SSSR count). The molecule has 2 atom stereocenters. The molecule has 3 amide bonds. The second kappa shape index (κ2) is 11.5. The van der Waals surface area contributed by atoms with Crippen LogP contribution in [0, 0.1) is 17.2 Å². The number of rotatable bonds is 9. The first-order valence-corrected chi connectivity index (χ1v) is 8.70. The van der Waals surface area contributed by atoms with E-state index in [0.29, 0.717) is 6.42 Å². The van der Waals surface area contributed by atoms with E-state index in [1.807, 2.05) is 50.2 Å². The van der Waals surface area contributed by atoms with Crippen LogP contribution in [0.4, 0.5) is 4.79 Å². The zero-order chi connectivity index (χ0) is 20.2. The molecule has 0 radical (unpaired) electrons.